The van der Waals surface area contributed by atoms with Crippen LogP contribution in [0.5, 0.6) is 0 Å². The molecule has 6 heteroatoms. The Labute approximate surface area is 124 Å². The summed E-state index contributed by atoms with van der Waals surface area (Å²) in [6, 6.07) is 1.82. The van der Waals surface area contributed by atoms with Crippen molar-refractivity contribution in [3.05, 3.63) is 29.7 Å². The van der Waals surface area contributed by atoms with Crippen molar-refractivity contribution in [2.45, 2.75) is 20.3 Å². The Hall–Kier alpha value is -1.95. The van der Waals surface area contributed by atoms with Crippen molar-refractivity contribution in [3.8, 4) is 0 Å². The van der Waals surface area contributed by atoms with E-state index in [1.54, 1.807) is 10.7 Å². The van der Waals surface area contributed by atoms with Crippen LogP contribution in [0.15, 0.2) is 18.5 Å². The average Bonchev–Trinajstić information content (AvgIpc) is 2.83. The van der Waals surface area contributed by atoms with Gasteiger partial charge in [-0.15, -0.1) is 0 Å². The smallest absolute Gasteiger partial charge is 0.259 e. The summed E-state index contributed by atoms with van der Waals surface area (Å²) >= 11 is 0. The van der Waals surface area contributed by atoms with Gasteiger partial charge >= 0.3 is 0 Å². The van der Waals surface area contributed by atoms with Crippen LogP contribution in [0.25, 0.3) is 5.65 Å². The Bertz CT molecular complexity index is 643. The van der Waals surface area contributed by atoms with E-state index < -0.39 is 0 Å². The summed E-state index contributed by atoms with van der Waals surface area (Å²) in [6.07, 6.45) is 4.68. The van der Waals surface area contributed by atoms with Crippen molar-refractivity contribution in [1.29, 1.82) is 0 Å². The van der Waals surface area contributed by atoms with Gasteiger partial charge in [0.15, 0.2) is 5.65 Å². The van der Waals surface area contributed by atoms with Gasteiger partial charge in [0.25, 0.3) is 5.91 Å². The van der Waals surface area contributed by atoms with Crippen LogP contribution >= 0.6 is 0 Å². The highest BCUT2D eigenvalue weighted by Crippen LogP contribution is 2.16. The van der Waals surface area contributed by atoms with Gasteiger partial charge in [-0.25, -0.2) is 9.50 Å². The molecule has 112 valence electrons. The molecule has 1 fully saturated rings. The van der Waals surface area contributed by atoms with Crippen LogP contribution in [0, 0.1) is 6.92 Å². The van der Waals surface area contributed by atoms with Crippen LogP contribution in [0.2, 0.25) is 0 Å². The third kappa shape index (κ3) is 2.63. The Kier molecular flexibility index (Phi) is 3.88. The second-order valence-corrected chi connectivity index (χ2v) is 5.48. The van der Waals surface area contributed by atoms with Crippen molar-refractivity contribution >= 4 is 11.6 Å². The number of aromatic nitrogens is 3. The van der Waals surface area contributed by atoms with E-state index in [4.69, 9.17) is 0 Å². The Morgan fingerprint density at radius 3 is 2.76 bits per heavy atom. The summed E-state index contributed by atoms with van der Waals surface area (Å²) in [5.41, 5.74) is 2.03. The van der Waals surface area contributed by atoms with Gasteiger partial charge in [0.1, 0.15) is 5.56 Å². The van der Waals surface area contributed by atoms with Gasteiger partial charge in [0.2, 0.25) is 0 Å². The van der Waals surface area contributed by atoms with Gasteiger partial charge in [0, 0.05) is 38.6 Å². The molecule has 0 aliphatic carbocycles. The zero-order chi connectivity index (χ0) is 14.8. The van der Waals surface area contributed by atoms with Crippen LogP contribution in [0.3, 0.4) is 0 Å². The van der Waals surface area contributed by atoms with Gasteiger partial charge < -0.3 is 4.90 Å². The van der Waals surface area contributed by atoms with Crippen molar-refractivity contribution < 1.29 is 4.79 Å². The molecule has 2 aromatic rings. The van der Waals surface area contributed by atoms with E-state index in [1.165, 1.54) is 0 Å². The second-order valence-electron chi connectivity index (χ2n) is 5.48. The second kappa shape index (κ2) is 5.81. The molecule has 0 atom stereocenters. The summed E-state index contributed by atoms with van der Waals surface area (Å²) in [5, 5.41) is 4.37. The maximum absolute atomic E-state index is 12.8. The molecule has 21 heavy (non-hydrogen) atoms. The number of carbonyl (C=O) groups excluding carboxylic acids is 1. The molecule has 0 saturated carbocycles. The number of aryl methyl sites for hydroxylation is 1. The number of carbonyl (C=O) groups is 1. The fourth-order valence-electron chi connectivity index (χ4n) is 2.90. The van der Waals surface area contributed by atoms with E-state index in [0.717, 1.165) is 44.8 Å². The van der Waals surface area contributed by atoms with Crippen LogP contribution in [-0.2, 0) is 0 Å². The zero-order valence-electron chi connectivity index (χ0n) is 12.6. The van der Waals surface area contributed by atoms with Crippen molar-refractivity contribution in [3.63, 3.8) is 0 Å². The zero-order valence-corrected chi connectivity index (χ0v) is 12.6. The lowest BCUT2D eigenvalue weighted by atomic mass is 10.2. The van der Waals surface area contributed by atoms with Crippen molar-refractivity contribution in [2.75, 3.05) is 32.7 Å². The normalized spacial score (nSPS) is 16.6. The predicted octanol–water partition coefficient (Wildman–Crippen LogP) is 1.21. The summed E-state index contributed by atoms with van der Waals surface area (Å²) in [7, 11) is 0. The largest absolute Gasteiger partial charge is 0.336 e. The quantitative estimate of drug-likeness (QED) is 0.851. The average molecular weight is 287 g/mol. The molecular weight excluding hydrogens is 266 g/mol. The monoisotopic (exact) mass is 287 g/mol. The molecule has 3 rings (SSSR count). The predicted molar refractivity (Wildman–Crippen MR) is 80.4 cm³/mol. The van der Waals surface area contributed by atoms with Crippen molar-refractivity contribution in [2.24, 2.45) is 0 Å². The molecule has 0 aromatic carbocycles. The first-order valence-corrected chi connectivity index (χ1v) is 7.52. The van der Waals surface area contributed by atoms with Crippen LogP contribution in [-0.4, -0.2) is 63.0 Å². The molecule has 6 nitrogen and oxygen atoms in total. The summed E-state index contributed by atoms with van der Waals surface area (Å²) in [4.78, 5) is 21.4. The minimum absolute atomic E-state index is 0.0531. The van der Waals surface area contributed by atoms with Crippen LogP contribution in [0.1, 0.15) is 29.4 Å². The first-order valence-electron chi connectivity index (χ1n) is 7.52. The summed E-state index contributed by atoms with van der Waals surface area (Å²) in [5.74, 6) is 0.0531. The molecule has 3 heterocycles. The number of fused-ring (bicyclic) bond motifs is 1. The van der Waals surface area contributed by atoms with E-state index in [9.17, 15) is 4.79 Å². The van der Waals surface area contributed by atoms with Crippen molar-refractivity contribution in [1.82, 2.24) is 24.4 Å². The molecule has 0 N–H and O–H groups in total. The standard InChI is InChI=1S/C15H21N5O/c1-3-6-18-8-10-19(11-9-18)15(21)13-12(2)17-20-7-4-5-16-14(13)20/h4-5,7H,3,6,8-11H2,1-2H3. The van der Waals surface area contributed by atoms with Gasteiger partial charge in [-0.1, -0.05) is 6.92 Å². The van der Waals surface area contributed by atoms with Gasteiger partial charge in [0.05, 0.1) is 5.69 Å². The highest BCUT2D eigenvalue weighted by Gasteiger charge is 2.26. The topological polar surface area (TPSA) is 53.7 Å². The molecule has 0 spiro atoms. The molecule has 1 aliphatic rings. The highest BCUT2D eigenvalue weighted by atomic mass is 16.2. The molecule has 0 radical (unpaired) electrons. The van der Waals surface area contributed by atoms with E-state index >= 15 is 0 Å². The van der Waals surface area contributed by atoms with E-state index in [0.29, 0.717) is 11.2 Å². The van der Waals surface area contributed by atoms with E-state index in [2.05, 4.69) is 21.9 Å². The fraction of sp³-hybridized carbons (Fsp3) is 0.533. The van der Waals surface area contributed by atoms with Gasteiger partial charge in [-0.3, -0.25) is 9.69 Å². The molecule has 1 amide bonds. The molecule has 2 aromatic heterocycles. The maximum atomic E-state index is 12.8. The molecule has 0 bridgehead atoms. The van der Waals surface area contributed by atoms with E-state index in [1.807, 2.05) is 24.1 Å². The third-order valence-electron chi connectivity index (χ3n) is 3.98. The Balaban J connectivity index is 1.80. The lowest BCUT2D eigenvalue weighted by molar-refractivity contribution is 0.0638. The fourth-order valence-corrected chi connectivity index (χ4v) is 2.90. The molecule has 1 aliphatic heterocycles. The number of nitrogens with zero attached hydrogens (tertiary/aromatic N) is 5. The molecule has 1 saturated heterocycles. The maximum Gasteiger partial charge on any atom is 0.259 e. The van der Waals surface area contributed by atoms with Gasteiger partial charge in [-0.05, 0) is 26.0 Å². The first kappa shape index (κ1) is 14.0. The van der Waals surface area contributed by atoms with Crippen LogP contribution in [0.4, 0.5) is 0 Å². The Morgan fingerprint density at radius 1 is 1.29 bits per heavy atom. The summed E-state index contributed by atoms with van der Waals surface area (Å²) in [6.45, 7) is 8.63. The number of rotatable bonds is 3. The van der Waals surface area contributed by atoms with Gasteiger partial charge in [-0.2, -0.15) is 5.10 Å². The minimum Gasteiger partial charge on any atom is -0.336 e. The molecule has 0 unspecified atom stereocenters. The first-order chi connectivity index (χ1) is 10.2. The molecular formula is C15H21N5O. The minimum atomic E-state index is 0.0531. The Morgan fingerprint density at radius 2 is 2.05 bits per heavy atom. The lowest BCUT2D eigenvalue weighted by Crippen LogP contribution is -2.48. The number of hydrogen-bond acceptors (Lipinski definition) is 4. The van der Waals surface area contributed by atoms with E-state index in [-0.39, 0.29) is 5.91 Å². The number of hydrogen-bond donors (Lipinski definition) is 0. The lowest BCUT2D eigenvalue weighted by Gasteiger charge is -2.34. The van der Waals surface area contributed by atoms with Crippen LogP contribution < -0.4 is 0 Å². The number of piperazine rings is 1. The number of amides is 1. The highest BCUT2D eigenvalue weighted by molar-refractivity contribution is 6.01. The summed E-state index contributed by atoms with van der Waals surface area (Å²) < 4.78 is 1.68. The SMILES string of the molecule is CCCN1CCN(C(=O)c2c(C)nn3cccnc23)CC1. The third-order valence-corrected chi connectivity index (χ3v) is 3.98.